The van der Waals surface area contributed by atoms with Gasteiger partial charge in [-0.3, -0.25) is 13.8 Å². The van der Waals surface area contributed by atoms with Gasteiger partial charge in [0.1, 0.15) is 13.2 Å². The molecule has 9 heteroatoms. The minimum absolute atomic E-state index is 0.0650. The van der Waals surface area contributed by atoms with E-state index in [1.54, 1.807) is 6.08 Å². The summed E-state index contributed by atoms with van der Waals surface area (Å²) in [7, 11) is 1.59. The van der Waals surface area contributed by atoms with E-state index in [0.717, 1.165) is 32.1 Å². The molecule has 3 atom stereocenters. The number of likely N-dealkylation sites (N-methyl/N-ethyl adjacent to an activating group) is 1. The van der Waals surface area contributed by atoms with E-state index in [-0.39, 0.29) is 19.1 Å². The molecular formula is C51H104N2O6P+. The Hall–Kier alpha value is -0.760. The lowest BCUT2D eigenvalue weighted by Crippen LogP contribution is -2.45. The van der Waals surface area contributed by atoms with Crippen LogP contribution in [-0.2, 0) is 18.4 Å². The molecule has 0 bridgehead atoms. The Morgan fingerprint density at radius 3 is 1.23 bits per heavy atom. The SMILES string of the molecule is CCCCCCCCCCCCCCCCCC/C=C/C(O)C(COP(=O)(O)OCC[N+](C)(C)C)NC(=O)CCCCCCCCCCCCCCCCCCCCCC. The van der Waals surface area contributed by atoms with Crippen molar-refractivity contribution in [2.24, 2.45) is 0 Å². The van der Waals surface area contributed by atoms with Crippen molar-refractivity contribution >= 4 is 13.7 Å². The first-order valence-electron chi connectivity index (χ1n) is 26.1. The summed E-state index contributed by atoms with van der Waals surface area (Å²) in [6.45, 7) is 4.85. The summed E-state index contributed by atoms with van der Waals surface area (Å²) in [6.07, 6.45) is 51.4. The van der Waals surface area contributed by atoms with Gasteiger partial charge in [-0.1, -0.05) is 244 Å². The quantitative estimate of drug-likeness (QED) is 0.0243. The fourth-order valence-electron chi connectivity index (χ4n) is 7.87. The predicted octanol–water partition coefficient (Wildman–Crippen LogP) is 15.1. The van der Waals surface area contributed by atoms with Crippen molar-refractivity contribution in [3.05, 3.63) is 12.2 Å². The average Bonchev–Trinajstić information content (AvgIpc) is 3.20. The van der Waals surface area contributed by atoms with Crippen molar-refractivity contribution in [1.82, 2.24) is 5.32 Å². The number of phosphoric acid groups is 1. The number of rotatable bonds is 48. The van der Waals surface area contributed by atoms with Gasteiger partial charge in [0.25, 0.3) is 0 Å². The summed E-state index contributed by atoms with van der Waals surface area (Å²) in [6, 6.07) is -0.841. The summed E-state index contributed by atoms with van der Waals surface area (Å²) in [5.41, 5.74) is 0. The Morgan fingerprint density at radius 2 is 0.883 bits per heavy atom. The molecule has 0 aliphatic rings. The van der Waals surface area contributed by atoms with Crippen molar-refractivity contribution in [2.45, 2.75) is 270 Å². The van der Waals surface area contributed by atoms with E-state index >= 15 is 0 Å². The maximum Gasteiger partial charge on any atom is 0.472 e. The van der Waals surface area contributed by atoms with Crippen LogP contribution in [0.2, 0.25) is 0 Å². The fourth-order valence-corrected chi connectivity index (χ4v) is 8.60. The van der Waals surface area contributed by atoms with Crippen LogP contribution < -0.4 is 5.32 Å². The van der Waals surface area contributed by atoms with Gasteiger partial charge in [-0.2, -0.15) is 0 Å². The van der Waals surface area contributed by atoms with Crippen molar-refractivity contribution in [3.8, 4) is 0 Å². The molecule has 0 aromatic heterocycles. The van der Waals surface area contributed by atoms with Crippen molar-refractivity contribution in [2.75, 3.05) is 40.9 Å². The van der Waals surface area contributed by atoms with Crippen molar-refractivity contribution in [1.29, 1.82) is 0 Å². The molecule has 0 spiro atoms. The monoisotopic (exact) mass is 872 g/mol. The summed E-state index contributed by atoms with van der Waals surface area (Å²) in [5.74, 6) is -0.171. The third-order valence-electron chi connectivity index (χ3n) is 12.0. The molecule has 0 saturated heterocycles. The van der Waals surface area contributed by atoms with E-state index in [1.165, 1.54) is 205 Å². The maximum atomic E-state index is 12.9. The van der Waals surface area contributed by atoms with Gasteiger partial charge in [-0.15, -0.1) is 0 Å². The molecule has 0 radical (unpaired) electrons. The molecule has 0 aromatic carbocycles. The second kappa shape index (κ2) is 43.5. The molecule has 0 saturated carbocycles. The predicted molar refractivity (Wildman–Crippen MR) is 259 cm³/mol. The second-order valence-electron chi connectivity index (χ2n) is 19.3. The van der Waals surface area contributed by atoms with Crippen molar-refractivity contribution < 1.29 is 32.9 Å². The first kappa shape index (κ1) is 59.2. The summed E-state index contributed by atoms with van der Waals surface area (Å²) >= 11 is 0. The molecule has 0 heterocycles. The molecule has 8 nitrogen and oxygen atoms in total. The number of amides is 1. The van der Waals surface area contributed by atoms with Crippen LogP contribution in [0.25, 0.3) is 0 Å². The number of phosphoric ester groups is 1. The number of aliphatic hydroxyl groups is 1. The number of hydrogen-bond donors (Lipinski definition) is 3. The Bertz CT molecular complexity index is 989. The maximum absolute atomic E-state index is 12.9. The summed E-state index contributed by atoms with van der Waals surface area (Å²) in [4.78, 5) is 23.2. The molecule has 3 N–H and O–H groups in total. The van der Waals surface area contributed by atoms with E-state index in [9.17, 15) is 19.4 Å². The molecule has 0 fully saturated rings. The molecular weight excluding hydrogens is 768 g/mol. The van der Waals surface area contributed by atoms with Crippen LogP contribution >= 0.6 is 7.82 Å². The Balaban J connectivity index is 4.27. The number of aliphatic hydroxyl groups excluding tert-OH is 1. The summed E-state index contributed by atoms with van der Waals surface area (Å²) < 4.78 is 23.7. The van der Waals surface area contributed by atoms with Crippen LogP contribution in [0, 0.1) is 0 Å². The normalized spacial score (nSPS) is 14.2. The molecule has 0 aliphatic heterocycles. The number of carbonyl (C=O) groups excluding carboxylic acids is 1. The van der Waals surface area contributed by atoms with Crippen LogP contribution in [0.15, 0.2) is 12.2 Å². The Labute approximate surface area is 373 Å². The highest BCUT2D eigenvalue weighted by atomic mass is 31.2. The largest absolute Gasteiger partial charge is 0.472 e. The third kappa shape index (κ3) is 45.3. The fraction of sp³-hybridized carbons (Fsp3) is 0.941. The number of hydrogen-bond acceptors (Lipinski definition) is 5. The van der Waals surface area contributed by atoms with E-state index in [0.29, 0.717) is 17.4 Å². The highest BCUT2D eigenvalue weighted by Crippen LogP contribution is 2.43. The van der Waals surface area contributed by atoms with E-state index in [4.69, 9.17) is 9.05 Å². The highest BCUT2D eigenvalue weighted by molar-refractivity contribution is 7.47. The zero-order valence-electron chi connectivity index (χ0n) is 40.7. The topological polar surface area (TPSA) is 105 Å². The van der Waals surface area contributed by atoms with Crippen LogP contribution in [0.4, 0.5) is 0 Å². The van der Waals surface area contributed by atoms with Gasteiger partial charge in [-0.25, -0.2) is 4.57 Å². The van der Waals surface area contributed by atoms with Crippen LogP contribution in [0.5, 0.6) is 0 Å². The van der Waals surface area contributed by atoms with Crippen LogP contribution in [0.1, 0.15) is 258 Å². The smallest absolute Gasteiger partial charge is 0.387 e. The molecule has 0 rings (SSSR count). The van der Waals surface area contributed by atoms with E-state index < -0.39 is 20.0 Å². The van der Waals surface area contributed by atoms with Gasteiger partial charge in [0.15, 0.2) is 0 Å². The van der Waals surface area contributed by atoms with Crippen LogP contribution in [-0.4, -0.2) is 73.4 Å². The van der Waals surface area contributed by atoms with Gasteiger partial charge < -0.3 is 19.8 Å². The van der Waals surface area contributed by atoms with E-state index in [1.807, 2.05) is 27.2 Å². The van der Waals surface area contributed by atoms with Gasteiger partial charge in [0.05, 0.1) is 39.9 Å². The zero-order valence-corrected chi connectivity index (χ0v) is 41.6. The Morgan fingerprint density at radius 1 is 0.550 bits per heavy atom. The number of unbranched alkanes of at least 4 members (excludes halogenated alkanes) is 35. The first-order valence-corrected chi connectivity index (χ1v) is 27.6. The third-order valence-corrected chi connectivity index (χ3v) is 13.0. The number of carbonyl (C=O) groups is 1. The molecule has 60 heavy (non-hydrogen) atoms. The standard InChI is InChI=1S/C51H103N2O6P/c1-6-8-10-12-14-16-18-20-22-24-26-27-29-31-33-35-37-39-41-43-45-51(55)52-49(48-59-60(56,57)58-47-46-53(3,4)5)50(54)44-42-40-38-36-34-32-30-28-25-23-21-19-17-15-13-11-9-7-2/h42,44,49-50,54H,6-41,43,45-48H2,1-5H3,(H-,52,55,56,57)/p+1/b44-42+. The molecule has 3 unspecified atom stereocenters. The van der Waals surface area contributed by atoms with Crippen molar-refractivity contribution in [3.63, 3.8) is 0 Å². The number of nitrogens with one attached hydrogen (secondary N) is 1. The van der Waals surface area contributed by atoms with E-state index in [2.05, 4.69) is 19.2 Å². The summed E-state index contributed by atoms with van der Waals surface area (Å²) in [5, 5.41) is 13.9. The zero-order chi connectivity index (χ0) is 44.3. The average molecular weight is 872 g/mol. The van der Waals surface area contributed by atoms with Gasteiger partial charge >= 0.3 is 7.82 Å². The lowest BCUT2D eigenvalue weighted by atomic mass is 10.0. The lowest BCUT2D eigenvalue weighted by Gasteiger charge is -2.25. The lowest BCUT2D eigenvalue weighted by molar-refractivity contribution is -0.870. The minimum Gasteiger partial charge on any atom is -0.387 e. The second-order valence-corrected chi connectivity index (χ2v) is 20.7. The Kier molecular flexibility index (Phi) is 42.9. The van der Waals surface area contributed by atoms with Crippen LogP contribution in [0.3, 0.4) is 0 Å². The first-order chi connectivity index (χ1) is 29.0. The number of allylic oxidation sites excluding steroid dienone is 1. The minimum atomic E-state index is -4.34. The highest BCUT2D eigenvalue weighted by Gasteiger charge is 2.27. The molecule has 0 aliphatic carbocycles. The molecule has 0 aromatic rings. The molecule has 1 amide bonds. The number of quaternary nitrogens is 1. The number of nitrogens with zero attached hydrogens (tertiary/aromatic N) is 1. The molecule has 358 valence electrons. The van der Waals surface area contributed by atoms with Gasteiger partial charge in [0, 0.05) is 6.42 Å². The van der Waals surface area contributed by atoms with Gasteiger partial charge in [-0.05, 0) is 19.3 Å². The van der Waals surface area contributed by atoms with Gasteiger partial charge in [0.2, 0.25) is 5.91 Å².